The number of ether oxygens (including phenoxy) is 1. The van der Waals surface area contributed by atoms with Gasteiger partial charge in [0.1, 0.15) is 0 Å². The van der Waals surface area contributed by atoms with Crippen LogP contribution in [-0.4, -0.2) is 42.6 Å². The summed E-state index contributed by atoms with van der Waals surface area (Å²) in [6, 6.07) is 0. The Kier molecular flexibility index (Phi) is 5.60. The van der Waals surface area contributed by atoms with Crippen LogP contribution in [0.1, 0.15) is 13.3 Å². The summed E-state index contributed by atoms with van der Waals surface area (Å²) >= 11 is 0. The first-order chi connectivity index (χ1) is 9.81. The Morgan fingerprint density at radius 3 is 1.22 bits per heavy atom. The van der Waals surface area contributed by atoms with E-state index >= 15 is 0 Å². The Morgan fingerprint density at radius 1 is 0.565 bits per heavy atom. The molecule has 0 aromatic rings. The van der Waals surface area contributed by atoms with Crippen LogP contribution in [0.3, 0.4) is 0 Å². The van der Waals surface area contributed by atoms with Gasteiger partial charge in [-0.05, 0) is 6.42 Å². The van der Waals surface area contributed by atoms with Gasteiger partial charge >= 0.3 is 36.0 Å². The second kappa shape index (κ2) is 5.84. The number of hydrogen-bond donors (Lipinski definition) is 0. The third kappa shape index (κ3) is 3.18. The molecule has 0 fully saturated rings. The lowest BCUT2D eigenvalue weighted by atomic mass is 9.96. The molecule has 0 radical (unpaired) electrons. The van der Waals surface area contributed by atoms with E-state index in [-0.39, 0.29) is 0 Å². The number of rotatable bonds is 6. The number of halogens is 13. The maximum Gasteiger partial charge on any atom is 0.460 e. The van der Waals surface area contributed by atoms with Crippen molar-refractivity contribution in [3.8, 4) is 0 Å². The predicted molar refractivity (Wildman–Crippen MR) is 47.0 cm³/mol. The SMILES string of the molecule is CCCOC(F)(C(F)(F)F)C(F)(F)C(F)(F)C(F)(F)C(F)(F)F. The van der Waals surface area contributed by atoms with Crippen LogP contribution in [0.15, 0.2) is 0 Å². The van der Waals surface area contributed by atoms with E-state index in [0.717, 1.165) is 6.92 Å². The zero-order valence-corrected chi connectivity index (χ0v) is 10.7. The van der Waals surface area contributed by atoms with Crippen LogP contribution in [0.25, 0.3) is 0 Å². The minimum absolute atomic E-state index is 0.668. The van der Waals surface area contributed by atoms with E-state index in [1.807, 2.05) is 0 Å². The first-order valence-electron chi connectivity index (χ1n) is 5.41. The summed E-state index contributed by atoms with van der Waals surface area (Å²) in [6.07, 6.45) is -15.1. The molecule has 0 bridgehead atoms. The van der Waals surface area contributed by atoms with Gasteiger partial charge < -0.3 is 4.74 Å². The summed E-state index contributed by atoms with van der Waals surface area (Å²) in [7, 11) is 0. The van der Waals surface area contributed by atoms with Crippen LogP contribution < -0.4 is 0 Å². The minimum Gasteiger partial charge on any atom is -0.334 e. The Bertz CT molecular complexity index is 409. The fourth-order valence-corrected chi connectivity index (χ4v) is 1.17. The molecule has 140 valence electrons. The average Bonchev–Trinajstić information content (AvgIpc) is 2.32. The zero-order valence-electron chi connectivity index (χ0n) is 10.7. The topological polar surface area (TPSA) is 9.23 Å². The molecule has 0 saturated heterocycles. The highest BCUT2D eigenvalue weighted by Gasteiger charge is 2.91. The molecule has 1 nitrogen and oxygen atoms in total. The van der Waals surface area contributed by atoms with Crippen LogP contribution in [0.5, 0.6) is 0 Å². The van der Waals surface area contributed by atoms with Crippen molar-refractivity contribution in [2.75, 3.05) is 6.61 Å². The molecular formula is C9H7F13O. The highest BCUT2D eigenvalue weighted by molar-refractivity contribution is 5.08. The van der Waals surface area contributed by atoms with Crippen molar-refractivity contribution in [1.82, 2.24) is 0 Å². The molecule has 0 aliphatic rings. The second-order valence-corrected chi connectivity index (χ2v) is 4.16. The van der Waals surface area contributed by atoms with Gasteiger partial charge in [-0.15, -0.1) is 0 Å². The lowest BCUT2D eigenvalue weighted by Gasteiger charge is -2.40. The van der Waals surface area contributed by atoms with Crippen molar-refractivity contribution >= 4 is 0 Å². The van der Waals surface area contributed by atoms with E-state index in [0.29, 0.717) is 0 Å². The van der Waals surface area contributed by atoms with Gasteiger partial charge in [-0.1, -0.05) is 6.92 Å². The van der Waals surface area contributed by atoms with Crippen molar-refractivity contribution in [2.24, 2.45) is 0 Å². The normalized spacial score (nSPS) is 18.0. The lowest BCUT2D eigenvalue weighted by Crippen LogP contribution is -2.71. The number of hydrogen-bond acceptors (Lipinski definition) is 1. The van der Waals surface area contributed by atoms with E-state index in [2.05, 4.69) is 4.74 Å². The molecule has 0 aliphatic carbocycles. The van der Waals surface area contributed by atoms with Gasteiger partial charge in [-0.25, -0.2) is 0 Å². The van der Waals surface area contributed by atoms with Crippen molar-refractivity contribution in [1.29, 1.82) is 0 Å². The smallest absolute Gasteiger partial charge is 0.334 e. The third-order valence-electron chi connectivity index (χ3n) is 2.42. The maximum absolute atomic E-state index is 13.4. The molecule has 1 unspecified atom stereocenters. The summed E-state index contributed by atoms with van der Waals surface area (Å²) < 4.78 is 166. The highest BCUT2D eigenvalue weighted by atomic mass is 19.4. The molecule has 0 amide bonds. The average molecular weight is 378 g/mol. The van der Waals surface area contributed by atoms with Crippen molar-refractivity contribution in [3.63, 3.8) is 0 Å². The van der Waals surface area contributed by atoms with Crippen LogP contribution in [-0.2, 0) is 4.74 Å². The first-order valence-corrected chi connectivity index (χ1v) is 5.41. The lowest BCUT2D eigenvalue weighted by molar-refractivity contribution is -0.472. The highest BCUT2D eigenvalue weighted by Crippen LogP contribution is 2.60. The molecule has 14 heteroatoms. The van der Waals surface area contributed by atoms with Gasteiger partial charge in [-0.3, -0.25) is 0 Å². The number of alkyl halides is 13. The van der Waals surface area contributed by atoms with Gasteiger partial charge in [0.25, 0.3) is 0 Å². The van der Waals surface area contributed by atoms with Crippen molar-refractivity contribution in [2.45, 2.75) is 49.3 Å². The summed E-state index contributed by atoms with van der Waals surface area (Å²) in [5, 5.41) is 0. The molecule has 1 atom stereocenters. The van der Waals surface area contributed by atoms with Crippen molar-refractivity contribution < 1.29 is 61.8 Å². The molecule has 0 aromatic carbocycles. The van der Waals surface area contributed by atoms with Crippen LogP contribution in [0, 0.1) is 0 Å². The van der Waals surface area contributed by atoms with Gasteiger partial charge in [0.2, 0.25) is 0 Å². The van der Waals surface area contributed by atoms with E-state index < -0.39 is 49.0 Å². The summed E-state index contributed by atoms with van der Waals surface area (Å²) in [6.45, 7) is -0.712. The Balaban J connectivity index is 6.26. The van der Waals surface area contributed by atoms with Crippen LogP contribution in [0.2, 0.25) is 0 Å². The van der Waals surface area contributed by atoms with E-state index in [1.165, 1.54) is 0 Å². The Morgan fingerprint density at radius 2 is 0.957 bits per heavy atom. The quantitative estimate of drug-likeness (QED) is 0.584. The molecule has 0 rings (SSSR count). The Labute approximate surface area is 119 Å². The minimum atomic E-state index is -7.80. The molecular weight excluding hydrogens is 371 g/mol. The summed E-state index contributed by atoms with van der Waals surface area (Å²) in [4.78, 5) is 0. The van der Waals surface area contributed by atoms with Gasteiger partial charge in [0.15, 0.2) is 0 Å². The summed E-state index contributed by atoms with van der Waals surface area (Å²) in [5.74, 6) is -29.8. The van der Waals surface area contributed by atoms with Crippen LogP contribution >= 0.6 is 0 Å². The molecule has 0 saturated carbocycles. The second-order valence-electron chi connectivity index (χ2n) is 4.16. The van der Waals surface area contributed by atoms with Crippen LogP contribution in [0.4, 0.5) is 57.1 Å². The largest absolute Gasteiger partial charge is 0.460 e. The molecule has 0 spiro atoms. The third-order valence-corrected chi connectivity index (χ3v) is 2.42. The fourth-order valence-electron chi connectivity index (χ4n) is 1.17. The van der Waals surface area contributed by atoms with E-state index in [1.54, 1.807) is 0 Å². The Hall–Kier alpha value is -0.950. The molecule has 0 aliphatic heterocycles. The summed E-state index contributed by atoms with van der Waals surface area (Å²) in [5.41, 5.74) is 0. The molecule has 0 heterocycles. The van der Waals surface area contributed by atoms with E-state index in [4.69, 9.17) is 0 Å². The van der Waals surface area contributed by atoms with Gasteiger partial charge in [-0.2, -0.15) is 57.1 Å². The first kappa shape index (κ1) is 22.1. The monoisotopic (exact) mass is 378 g/mol. The molecule has 23 heavy (non-hydrogen) atoms. The standard InChI is InChI=1S/C9H7F13O/c1-2-3-23-7(16,9(20,21)22)5(12,13)4(10,11)6(14,15)8(17,18)19/h2-3H2,1H3. The molecule has 0 N–H and O–H groups in total. The maximum atomic E-state index is 13.4. The van der Waals surface area contributed by atoms with Gasteiger partial charge in [0, 0.05) is 0 Å². The van der Waals surface area contributed by atoms with E-state index in [9.17, 15) is 57.1 Å². The van der Waals surface area contributed by atoms with Crippen molar-refractivity contribution in [3.05, 3.63) is 0 Å². The van der Waals surface area contributed by atoms with Gasteiger partial charge in [0.05, 0.1) is 6.61 Å². The molecule has 0 aromatic heterocycles. The zero-order chi connectivity index (χ0) is 19.1. The fraction of sp³-hybridized carbons (Fsp3) is 1.00. The predicted octanol–water partition coefficient (Wildman–Crippen LogP) is 5.11.